The molecule has 0 saturated carbocycles. The van der Waals surface area contributed by atoms with Crippen molar-refractivity contribution in [3.63, 3.8) is 0 Å². The van der Waals surface area contributed by atoms with Crippen LogP contribution in [0.2, 0.25) is 0 Å². The first-order valence-electron chi connectivity index (χ1n) is 10.1. The first-order valence-corrected chi connectivity index (χ1v) is 11.6. The minimum Gasteiger partial charge on any atom is -0.478 e. The number of aromatic carboxylic acids is 1. The smallest absolute Gasteiger partial charge is 0.416 e. The highest BCUT2D eigenvalue weighted by Gasteiger charge is 2.33. The Labute approximate surface area is 207 Å². The zero-order chi connectivity index (χ0) is 27.4. The number of anilines is 2. The zero-order valence-corrected chi connectivity index (χ0v) is 19.3. The molecule has 0 fully saturated rings. The molecule has 0 saturated heterocycles. The lowest BCUT2D eigenvalue weighted by molar-refractivity contribution is -0.384. The fraction of sp³-hybridized carbons (Fsp3) is 0.0909. The van der Waals surface area contributed by atoms with Crippen LogP contribution in [0.4, 0.5) is 35.0 Å². The third-order valence-electron chi connectivity index (χ3n) is 4.84. The molecule has 3 rings (SSSR count). The van der Waals surface area contributed by atoms with Crippen molar-refractivity contribution < 1.29 is 41.2 Å². The number of alkyl halides is 3. The molecular formula is C22H17F3N4O7S. The summed E-state index contributed by atoms with van der Waals surface area (Å²) in [7, 11) is -4.07. The molecule has 0 radical (unpaired) electrons. The topological polar surface area (TPSA) is 168 Å². The van der Waals surface area contributed by atoms with Crippen LogP contribution in [-0.2, 0) is 22.7 Å². The van der Waals surface area contributed by atoms with E-state index in [0.29, 0.717) is 11.6 Å². The van der Waals surface area contributed by atoms with Crippen molar-refractivity contribution in [2.24, 2.45) is 0 Å². The number of nitrogens with one attached hydrogen (secondary N) is 3. The summed E-state index contributed by atoms with van der Waals surface area (Å²) < 4.78 is 66.1. The zero-order valence-electron chi connectivity index (χ0n) is 18.4. The summed E-state index contributed by atoms with van der Waals surface area (Å²) in [6, 6.07) is 11.0. The van der Waals surface area contributed by atoms with Crippen molar-refractivity contribution in [3.05, 3.63) is 93.5 Å². The summed E-state index contributed by atoms with van der Waals surface area (Å²) in [5.74, 6) is -1.13. The van der Waals surface area contributed by atoms with Gasteiger partial charge in [0, 0.05) is 18.3 Å². The fourth-order valence-electron chi connectivity index (χ4n) is 3.02. The molecule has 11 nitrogen and oxygen atoms in total. The van der Waals surface area contributed by atoms with Gasteiger partial charge in [-0.25, -0.2) is 22.7 Å². The van der Waals surface area contributed by atoms with Gasteiger partial charge in [-0.05, 0) is 48.0 Å². The Kier molecular flexibility index (Phi) is 7.78. The first kappa shape index (κ1) is 27.1. The van der Waals surface area contributed by atoms with E-state index in [0.717, 1.165) is 12.1 Å². The van der Waals surface area contributed by atoms with Crippen LogP contribution in [0, 0.1) is 10.1 Å². The summed E-state index contributed by atoms with van der Waals surface area (Å²) in [6.45, 7) is -0.155. The number of rotatable bonds is 8. The predicted molar refractivity (Wildman–Crippen MR) is 125 cm³/mol. The highest BCUT2D eigenvalue weighted by atomic mass is 32.2. The van der Waals surface area contributed by atoms with E-state index in [-0.39, 0.29) is 28.8 Å². The van der Waals surface area contributed by atoms with Crippen LogP contribution in [0.1, 0.15) is 21.5 Å². The number of halogens is 3. The molecule has 0 spiro atoms. The number of amides is 2. The van der Waals surface area contributed by atoms with E-state index in [4.69, 9.17) is 5.11 Å². The highest BCUT2D eigenvalue weighted by Crippen LogP contribution is 2.35. The minimum absolute atomic E-state index is 0.0271. The lowest BCUT2D eigenvalue weighted by Crippen LogP contribution is -2.24. The number of urea groups is 1. The monoisotopic (exact) mass is 538 g/mol. The van der Waals surface area contributed by atoms with Crippen LogP contribution >= 0.6 is 0 Å². The van der Waals surface area contributed by atoms with E-state index in [1.54, 1.807) is 0 Å². The van der Waals surface area contributed by atoms with Crippen LogP contribution in [0.3, 0.4) is 0 Å². The first-order chi connectivity index (χ1) is 17.3. The van der Waals surface area contributed by atoms with Gasteiger partial charge in [-0.3, -0.25) is 10.1 Å². The molecular weight excluding hydrogens is 521 g/mol. The van der Waals surface area contributed by atoms with Crippen LogP contribution in [0.5, 0.6) is 0 Å². The molecule has 0 aliphatic rings. The van der Waals surface area contributed by atoms with Crippen molar-refractivity contribution in [1.29, 1.82) is 0 Å². The Morgan fingerprint density at radius 3 is 2.24 bits per heavy atom. The third-order valence-corrected chi connectivity index (χ3v) is 6.24. The molecule has 0 heterocycles. The predicted octanol–water partition coefficient (Wildman–Crippen LogP) is 4.43. The second kappa shape index (κ2) is 10.6. The minimum atomic E-state index is -4.83. The number of nitro benzene ring substituents is 1. The van der Waals surface area contributed by atoms with Crippen LogP contribution in [-0.4, -0.2) is 30.4 Å². The molecule has 3 aromatic carbocycles. The normalized spacial score (nSPS) is 11.5. The van der Waals surface area contributed by atoms with Gasteiger partial charge < -0.3 is 15.7 Å². The number of carbonyl (C=O) groups is 2. The summed E-state index contributed by atoms with van der Waals surface area (Å²) in [5, 5.41) is 24.4. The van der Waals surface area contributed by atoms with Gasteiger partial charge in [0.25, 0.3) is 5.69 Å². The highest BCUT2D eigenvalue weighted by molar-refractivity contribution is 7.89. The lowest BCUT2D eigenvalue weighted by atomic mass is 10.1. The van der Waals surface area contributed by atoms with E-state index in [1.165, 1.54) is 42.5 Å². The molecule has 0 aromatic heterocycles. The number of carbonyl (C=O) groups excluding carboxylic acids is 1. The van der Waals surface area contributed by atoms with E-state index in [2.05, 4.69) is 15.4 Å². The van der Waals surface area contributed by atoms with E-state index >= 15 is 0 Å². The largest absolute Gasteiger partial charge is 0.478 e. The Morgan fingerprint density at radius 2 is 1.65 bits per heavy atom. The number of hydrogen-bond donors (Lipinski definition) is 4. The van der Waals surface area contributed by atoms with Gasteiger partial charge >= 0.3 is 18.2 Å². The summed E-state index contributed by atoms with van der Waals surface area (Å²) in [5.41, 5.74) is -2.27. The average molecular weight is 538 g/mol. The summed E-state index contributed by atoms with van der Waals surface area (Å²) in [4.78, 5) is 33.1. The molecule has 194 valence electrons. The molecule has 4 N–H and O–H groups in total. The van der Waals surface area contributed by atoms with Gasteiger partial charge in [0.15, 0.2) is 0 Å². The standard InChI is InChI=1S/C22H17F3N4O7S/c23-22(24,25)15-8-9-18(19(10-15)29(33)34)28-21(32)27-16-2-1-3-17(11-16)37(35,36)26-12-13-4-6-14(7-5-13)20(30)31/h1-11,26H,12H2,(H,30,31)(H2,27,28,32). The molecule has 0 bridgehead atoms. The van der Waals surface area contributed by atoms with Crippen LogP contribution in [0.25, 0.3) is 0 Å². The van der Waals surface area contributed by atoms with Gasteiger partial charge in [-0.1, -0.05) is 18.2 Å². The van der Waals surface area contributed by atoms with E-state index in [1.807, 2.05) is 0 Å². The summed E-state index contributed by atoms with van der Waals surface area (Å²) in [6.07, 6.45) is -4.83. The average Bonchev–Trinajstić information content (AvgIpc) is 2.82. The quantitative estimate of drug-likeness (QED) is 0.243. The van der Waals surface area contributed by atoms with Gasteiger partial charge in [-0.2, -0.15) is 13.2 Å². The number of carboxylic acids is 1. The van der Waals surface area contributed by atoms with Crippen molar-refractivity contribution in [1.82, 2.24) is 4.72 Å². The summed E-state index contributed by atoms with van der Waals surface area (Å²) >= 11 is 0. The van der Waals surface area contributed by atoms with Gasteiger partial charge in [0.1, 0.15) is 5.69 Å². The maximum atomic E-state index is 12.8. The van der Waals surface area contributed by atoms with Crippen molar-refractivity contribution in [2.45, 2.75) is 17.6 Å². The Bertz CT molecular complexity index is 1460. The molecule has 2 amide bonds. The van der Waals surface area contributed by atoms with Crippen molar-refractivity contribution in [3.8, 4) is 0 Å². The molecule has 15 heteroatoms. The van der Waals surface area contributed by atoms with Gasteiger partial charge in [0.2, 0.25) is 10.0 Å². The number of benzene rings is 3. The SMILES string of the molecule is O=C(Nc1cccc(S(=O)(=O)NCc2ccc(C(=O)O)cc2)c1)Nc1ccc(C(F)(F)F)cc1[N+](=O)[O-]. The van der Waals surface area contributed by atoms with Crippen molar-refractivity contribution in [2.75, 3.05) is 10.6 Å². The Morgan fingerprint density at radius 1 is 0.973 bits per heavy atom. The molecule has 37 heavy (non-hydrogen) atoms. The number of nitro groups is 1. The Balaban J connectivity index is 1.70. The molecule has 0 atom stereocenters. The second-order valence-corrected chi connectivity index (χ2v) is 9.19. The van der Waals surface area contributed by atoms with Gasteiger partial charge in [-0.15, -0.1) is 0 Å². The van der Waals surface area contributed by atoms with Crippen molar-refractivity contribution >= 4 is 39.1 Å². The maximum absolute atomic E-state index is 12.8. The third kappa shape index (κ3) is 7.02. The second-order valence-electron chi connectivity index (χ2n) is 7.42. The van der Waals surface area contributed by atoms with Crippen LogP contribution in [0.15, 0.2) is 71.6 Å². The molecule has 3 aromatic rings. The van der Waals surface area contributed by atoms with Gasteiger partial charge in [0.05, 0.1) is 20.9 Å². The van der Waals surface area contributed by atoms with E-state index in [9.17, 15) is 41.3 Å². The van der Waals surface area contributed by atoms with Crippen LogP contribution < -0.4 is 15.4 Å². The lowest BCUT2D eigenvalue weighted by Gasteiger charge is -2.12. The fourth-order valence-corrected chi connectivity index (χ4v) is 4.08. The molecule has 0 unspecified atom stereocenters. The Hall–Kier alpha value is -4.50. The van der Waals surface area contributed by atoms with E-state index < -0.39 is 50.1 Å². The molecule has 0 aliphatic carbocycles. The number of hydrogen-bond acceptors (Lipinski definition) is 6. The number of sulfonamides is 1. The molecule has 0 aliphatic heterocycles. The number of nitrogens with zero attached hydrogens (tertiary/aromatic N) is 1. The maximum Gasteiger partial charge on any atom is 0.416 e. The number of carboxylic acid groups (broad SMARTS) is 1.